The molecule has 0 heterocycles. The van der Waals surface area contributed by atoms with E-state index in [2.05, 4.69) is 34.6 Å². The Morgan fingerprint density at radius 1 is 1.00 bits per heavy atom. The van der Waals surface area contributed by atoms with Crippen molar-refractivity contribution in [2.45, 2.75) is 40.2 Å². The Labute approximate surface area is 75.6 Å². The summed E-state index contributed by atoms with van der Waals surface area (Å²) in [6, 6.07) is 0. The van der Waals surface area contributed by atoms with Gasteiger partial charge >= 0.3 is 0 Å². The van der Waals surface area contributed by atoms with Crippen molar-refractivity contribution < 1.29 is 21.9 Å². The highest BCUT2D eigenvalue weighted by atomic mass is 79.9. The van der Waals surface area contributed by atoms with Crippen LogP contribution in [0.1, 0.15) is 34.6 Å². The van der Waals surface area contributed by atoms with Gasteiger partial charge in [0, 0.05) is 0 Å². The number of halogens is 1. The highest BCUT2D eigenvalue weighted by Crippen LogP contribution is 1.90. The maximum absolute atomic E-state index is 2.29. The van der Waals surface area contributed by atoms with Gasteiger partial charge in [-0.2, -0.15) is 0 Å². The molecule has 0 spiro atoms. The number of rotatable bonds is 2. The Bertz CT molecular complexity index is 71.8. The van der Waals surface area contributed by atoms with Gasteiger partial charge in [-0.25, -0.2) is 0 Å². The lowest BCUT2D eigenvalue weighted by atomic mass is 10.1. The molecule has 0 atom stereocenters. The fourth-order valence-electron chi connectivity index (χ4n) is 1.31. The molecule has 0 aliphatic rings. The molecule has 0 amide bonds. The van der Waals surface area contributed by atoms with Crippen molar-refractivity contribution in [3.8, 4) is 0 Å². The van der Waals surface area contributed by atoms with Crippen LogP contribution in [0.15, 0.2) is 0 Å². The van der Waals surface area contributed by atoms with Gasteiger partial charge in [-0.05, 0) is 34.6 Å². The van der Waals surface area contributed by atoms with Gasteiger partial charge in [0.2, 0.25) is 0 Å². The van der Waals surface area contributed by atoms with E-state index in [1.165, 1.54) is 13.1 Å². The van der Waals surface area contributed by atoms with E-state index in [9.17, 15) is 0 Å². The summed E-state index contributed by atoms with van der Waals surface area (Å²) in [4.78, 5) is 1.67. The van der Waals surface area contributed by atoms with E-state index in [4.69, 9.17) is 0 Å². The van der Waals surface area contributed by atoms with Crippen LogP contribution in [0.3, 0.4) is 0 Å². The van der Waals surface area contributed by atoms with Gasteiger partial charge in [0.15, 0.2) is 0 Å². The van der Waals surface area contributed by atoms with Crippen molar-refractivity contribution in [1.29, 1.82) is 0 Å². The first-order valence-electron chi connectivity index (χ1n) is 3.87. The molecule has 0 aromatic rings. The van der Waals surface area contributed by atoms with Crippen molar-refractivity contribution >= 4 is 0 Å². The Hall–Kier alpha value is 0.440. The molecule has 0 bridgehead atoms. The molecule has 64 valence electrons. The van der Waals surface area contributed by atoms with Crippen LogP contribution < -0.4 is 21.9 Å². The van der Waals surface area contributed by atoms with Gasteiger partial charge in [-0.15, -0.1) is 0 Å². The second kappa shape index (κ2) is 5.14. The number of quaternary nitrogens is 1. The molecule has 0 rings (SSSR count). The molecule has 0 saturated heterocycles. The van der Waals surface area contributed by atoms with Crippen LogP contribution >= 0.6 is 0 Å². The number of hydrogen-bond acceptors (Lipinski definition) is 0. The molecule has 1 nitrogen and oxygen atoms in total. The van der Waals surface area contributed by atoms with E-state index < -0.39 is 0 Å². The normalized spacial score (nSPS) is 11.4. The molecule has 1 N–H and O–H groups in total. The van der Waals surface area contributed by atoms with Crippen molar-refractivity contribution in [2.75, 3.05) is 13.1 Å². The molecule has 0 aliphatic carbocycles. The highest BCUT2D eigenvalue weighted by molar-refractivity contribution is 4.54. The molecule has 0 radical (unpaired) electrons. The summed E-state index contributed by atoms with van der Waals surface area (Å²) in [7, 11) is 0. The molecule has 2 heteroatoms. The van der Waals surface area contributed by atoms with Crippen LogP contribution in [-0.2, 0) is 0 Å². The van der Waals surface area contributed by atoms with E-state index in [0.29, 0.717) is 5.54 Å². The summed E-state index contributed by atoms with van der Waals surface area (Å²) in [6.07, 6.45) is 0. The molecule has 0 aromatic heterocycles. The minimum absolute atomic E-state index is 0. The molecule has 0 saturated carbocycles. The summed E-state index contributed by atoms with van der Waals surface area (Å²) in [5.41, 5.74) is 0.434. The van der Waals surface area contributed by atoms with Crippen LogP contribution in [0.4, 0.5) is 0 Å². The summed E-state index contributed by atoms with van der Waals surface area (Å²) in [6.45, 7) is 13.8. The zero-order valence-electron chi connectivity index (χ0n) is 7.79. The highest BCUT2D eigenvalue weighted by Gasteiger charge is 2.20. The molecule has 10 heavy (non-hydrogen) atoms. The molecule has 0 fully saturated rings. The summed E-state index contributed by atoms with van der Waals surface area (Å²) in [5, 5.41) is 0. The topological polar surface area (TPSA) is 4.44 Å². The van der Waals surface area contributed by atoms with Crippen LogP contribution in [0.5, 0.6) is 0 Å². The minimum atomic E-state index is 0. The van der Waals surface area contributed by atoms with Crippen molar-refractivity contribution in [3.05, 3.63) is 0 Å². The second-order valence-corrected chi connectivity index (χ2v) is 3.56. The molecule has 0 unspecified atom stereocenters. The largest absolute Gasteiger partial charge is 1.00 e. The third-order valence-corrected chi connectivity index (χ3v) is 1.91. The third kappa shape index (κ3) is 4.29. The van der Waals surface area contributed by atoms with Crippen LogP contribution in [0.2, 0.25) is 0 Å². The summed E-state index contributed by atoms with van der Waals surface area (Å²) in [5.74, 6) is 0. The first kappa shape index (κ1) is 13.1. The van der Waals surface area contributed by atoms with E-state index >= 15 is 0 Å². The van der Waals surface area contributed by atoms with E-state index in [-0.39, 0.29) is 17.0 Å². The van der Waals surface area contributed by atoms with Crippen LogP contribution in [0.25, 0.3) is 0 Å². The Morgan fingerprint density at radius 2 is 1.30 bits per heavy atom. The standard InChI is InChI=1S/C8H19N.BrH/c1-6-9(7-2)8(3,4)5;/h6-7H2,1-5H3;1H. The fourth-order valence-corrected chi connectivity index (χ4v) is 1.31. The van der Waals surface area contributed by atoms with Gasteiger partial charge in [0.25, 0.3) is 0 Å². The van der Waals surface area contributed by atoms with Crippen molar-refractivity contribution in [1.82, 2.24) is 0 Å². The van der Waals surface area contributed by atoms with Crippen molar-refractivity contribution in [3.63, 3.8) is 0 Å². The maximum Gasteiger partial charge on any atom is 0.0891 e. The Kier molecular flexibility index (Phi) is 6.71. The first-order valence-corrected chi connectivity index (χ1v) is 3.87. The predicted octanol–water partition coefficient (Wildman–Crippen LogP) is -2.29. The zero-order chi connectivity index (χ0) is 7.49. The monoisotopic (exact) mass is 209 g/mol. The number of hydrogen-bond donors (Lipinski definition) is 1. The Balaban J connectivity index is 0. The van der Waals surface area contributed by atoms with E-state index in [1.807, 2.05) is 0 Å². The first-order chi connectivity index (χ1) is 4.02. The lowest BCUT2D eigenvalue weighted by Gasteiger charge is -2.30. The van der Waals surface area contributed by atoms with Gasteiger partial charge in [0.1, 0.15) is 0 Å². The molecule has 0 aromatic carbocycles. The van der Waals surface area contributed by atoms with Gasteiger partial charge in [-0.3, -0.25) is 0 Å². The molecular formula is C8H20BrN. The number of nitrogens with one attached hydrogen (secondary N) is 1. The van der Waals surface area contributed by atoms with Crippen LogP contribution in [0, 0.1) is 0 Å². The SMILES string of the molecule is CC[NH+](CC)C(C)(C)C.[Br-]. The third-order valence-electron chi connectivity index (χ3n) is 1.91. The lowest BCUT2D eigenvalue weighted by molar-refractivity contribution is -0.943. The summed E-state index contributed by atoms with van der Waals surface area (Å²) < 4.78 is 0. The van der Waals surface area contributed by atoms with E-state index in [1.54, 1.807) is 4.90 Å². The molecule has 0 aliphatic heterocycles. The quantitative estimate of drug-likeness (QED) is 0.523. The maximum atomic E-state index is 2.29. The lowest BCUT2D eigenvalue weighted by Crippen LogP contribution is -3.18. The van der Waals surface area contributed by atoms with Crippen molar-refractivity contribution in [2.24, 2.45) is 0 Å². The average Bonchev–Trinajstić information content (AvgIpc) is 1.65. The summed E-state index contributed by atoms with van der Waals surface area (Å²) >= 11 is 0. The smallest absolute Gasteiger partial charge is 0.0891 e. The van der Waals surface area contributed by atoms with Gasteiger partial charge in [0.05, 0.1) is 18.6 Å². The van der Waals surface area contributed by atoms with Gasteiger partial charge in [-0.1, -0.05) is 0 Å². The fraction of sp³-hybridized carbons (Fsp3) is 1.00. The minimum Gasteiger partial charge on any atom is -1.00 e. The van der Waals surface area contributed by atoms with Crippen LogP contribution in [-0.4, -0.2) is 18.6 Å². The predicted molar refractivity (Wildman–Crippen MR) is 41.8 cm³/mol. The average molecular weight is 210 g/mol. The Morgan fingerprint density at radius 3 is 1.30 bits per heavy atom. The molecular weight excluding hydrogens is 190 g/mol. The van der Waals surface area contributed by atoms with Gasteiger partial charge < -0.3 is 21.9 Å². The second-order valence-electron chi connectivity index (χ2n) is 3.56. The van der Waals surface area contributed by atoms with E-state index in [0.717, 1.165) is 0 Å². The zero-order valence-corrected chi connectivity index (χ0v) is 9.38.